The van der Waals surface area contributed by atoms with E-state index >= 15 is 0 Å². The lowest BCUT2D eigenvalue weighted by Crippen LogP contribution is -2.46. The molecule has 6 heteroatoms. The van der Waals surface area contributed by atoms with Gasteiger partial charge in [0, 0.05) is 26.2 Å². The molecule has 1 saturated heterocycles. The molecule has 1 aromatic heterocycles. The third kappa shape index (κ3) is 2.61. The summed E-state index contributed by atoms with van der Waals surface area (Å²) in [5.74, 6) is -0.0740. The predicted octanol–water partition coefficient (Wildman–Crippen LogP) is 1.06. The van der Waals surface area contributed by atoms with Crippen molar-refractivity contribution >= 4 is 17.5 Å². The standard InChI is InChI=1S/C11H17ClN4O/c1-2-3-8-9(12)10(15-14-8)11(17)16-6-4-13-5-7-16/h13H,2-7H2,1H3,(H,14,15). The number of amides is 1. The van der Waals surface area contributed by atoms with E-state index in [0.29, 0.717) is 23.8 Å². The number of rotatable bonds is 3. The number of nitrogens with one attached hydrogen (secondary N) is 2. The van der Waals surface area contributed by atoms with Gasteiger partial charge in [-0.05, 0) is 6.42 Å². The van der Waals surface area contributed by atoms with Gasteiger partial charge >= 0.3 is 0 Å². The first kappa shape index (κ1) is 12.4. The normalized spacial score (nSPS) is 16.2. The number of H-pyrrole nitrogens is 1. The van der Waals surface area contributed by atoms with E-state index in [4.69, 9.17) is 11.6 Å². The summed E-state index contributed by atoms with van der Waals surface area (Å²) in [4.78, 5) is 14.0. The van der Waals surface area contributed by atoms with Crippen LogP contribution in [0.25, 0.3) is 0 Å². The SMILES string of the molecule is CCCc1[nH]nc(C(=O)N2CCNCC2)c1Cl. The highest BCUT2D eigenvalue weighted by Gasteiger charge is 2.24. The molecule has 0 saturated carbocycles. The molecule has 1 aromatic rings. The Labute approximate surface area is 106 Å². The maximum Gasteiger partial charge on any atom is 0.276 e. The van der Waals surface area contributed by atoms with E-state index in [9.17, 15) is 4.79 Å². The average Bonchev–Trinajstić information content (AvgIpc) is 2.72. The second kappa shape index (κ2) is 5.51. The lowest BCUT2D eigenvalue weighted by molar-refractivity contribution is 0.0730. The average molecular weight is 257 g/mol. The molecule has 2 N–H and O–H groups in total. The lowest BCUT2D eigenvalue weighted by atomic mass is 10.2. The Hall–Kier alpha value is -1.07. The third-order valence-corrected chi connectivity index (χ3v) is 3.29. The van der Waals surface area contributed by atoms with Gasteiger partial charge in [0.1, 0.15) is 0 Å². The van der Waals surface area contributed by atoms with Crippen molar-refractivity contribution in [1.82, 2.24) is 20.4 Å². The highest BCUT2D eigenvalue weighted by Crippen LogP contribution is 2.21. The number of hydrogen-bond acceptors (Lipinski definition) is 3. The van der Waals surface area contributed by atoms with Gasteiger partial charge in [0.25, 0.3) is 5.91 Å². The van der Waals surface area contributed by atoms with E-state index in [1.807, 2.05) is 0 Å². The first-order chi connectivity index (χ1) is 8.24. The van der Waals surface area contributed by atoms with Crippen molar-refractivity contribution in [1.29, 1.82) is 0 Å². The van der Waals surface area contributed by atoms with Crippen molar-refractivity contribution in [2.45, 2.75) is 19.8 Å². The first-order valence-electron chi connectivity index (χ1n) is 5.96. The minimum atomic E-state index is -0.0740. The molecule has 5 nitrogen and oxygen atoms in total. The number of nitrogens with zero attached hydrogens (tertiary/aromatic N) is 2. The highest BCUT2D eigenvalue weighted by molar-refractivity contribution is 6.34. The summed E-state index contributed by atoms with van der Waals surface area (Å²) in [6, 6.07) is 0. The number of hydrogen-bond donors (Lipinski definition) is 2. The van der Waals surface area contributed by atoms with Crippen LogP contribution in [0.2, 0.25) is 5.02 Å². The van der Waals surface area contributed by atoms with E-state index in [1.54, 1.807) is 4.90 Å². The Morgan fingerprint density at radius 2 is 2.18 bits per heavy atom. The fourth-order valence-electron chi connectivity index (χ4n) is 1.94. The van der Waals surface area contributed by atoms with Crippen LogP contribution in [0.4, 0.5) is 0 Å². The first-order valence-corrected chi connectivity index (χ1v) is 6.34. The van der Waals surface area contributed by atoms with Crippen molar-refractivity contribution in [2.75, 3.05) is 26.2 Å². The molecule has 17 heavy (non-hydrogen) atoms. The second-order valence-electron chi connectivity index (χ2n) is 4.16. The van der Waals surface area contributed by atoms with Gasteiger partial charge in [-0.2, -0.15) is 5.10 Å². The number of aromatic amines is 1. The van der Waals surface area contributed by atoms with Crippen LogP contribution in [0.15, 0.2) is 0 Å². The van der Waals surface area contributed by atoms with Crippen molar-refractivity contribution in [3.05, 3.63) is 16.4 Å². The van der Waals surface area contributed by atoms with Crippen LogP contribution in [0, 0.1) is 0 Å². The van der Waals surface area contributed by atoms with Gasteiger partial charge in [0.2, 0.25) is 0 Å². The Morgan fingerprint density at radius 3 is 2.82 bits per heavy atom. The largest absolute Gasteiger partial charge is 0.335 e. The summed E-state index contributed by atoms with van der Waals surface area (Å²) in [6.45, 7) is 5.15. The fourth-order valence-corrected chi connectivity index (χ4v) is 2.20. The second-order valence-corrected chi connectivity index (χ2v) is 4.53. The molecular weight excluding hydrogens is 240 g/mol. The molecule has 0 bridgehead atoms. The summed E-state index contributed by atoms with van der Waals surface area (Å²) in [6.07, 6.45) is 1.80. The Balaban J connectivity index is 2.13. The van der Waals surface area contributed by atoms with Gasteiger partial charge in [-0.1, -0.05) is 24.9 Å². The minimum Gasteiger partial charge on any atom is -0.335 e. The van der Waals surface area contributed by atoms with Crippen molar-refractivity contribution < 1.29 is 4.79 Å². The lowest BCUT2D eigenvalue weighted by Gasteiger charge is -2.26. The van der Waals surface area contributed by atoms with Crippen LogP contribution in [0.1, 0.15) is 29.5 Å². The maximum atomic E-state index is 12.2. The zero-order chi connectivity index (χ0) is 12.3. The van der Waals surface area contributed by atoms with Crippen LogP contribution in [0.5, 0.6) is 0 Å². The van der Waals surface area contributed by atoms with Crippen LogP contribution in [-0.2, 0) is 6.42 Å². The number of aromatic nitrogens is 2. The number of halogens is 1. The minimum absolute atomic E-state index is 0.0740. The molecule has 0 aliphatic carbocycles. The molecule has 0 radical (unpaired) electrons. The summed E-state index contributed by atoms with van der Waals surface area (Å²) in [5, 5.41) is 10.6. The smallest absolute Gasteiger partial charge is 0.276 e. The quantitative estimate of drug-likeness (QED) is 0.850. The van der Waals surface area contributed by atoms with Crippen LogP contribution >= 0.6 is 11.6 Å². The van der Waals surface area contributed by atoms with Crippen molar-refractivity contribution in [3.63, 3.8) is 0 Å². The molecule has 0 unspecified atom stereocenters. The van der Waals surface area contributed by atoms with Gasteiger partial charge in [0.05, 0.1) is 10.7 Å². The predicted molar refractivity (Wildman–Crippen MR) is 66.4 cm³/mol. The molecule has 94 valence electrons. The Bertz CT molecular complexity index is 398. The molecule has 2 heterocycles. The summed E-state index contributed by atoms with van der Waals surface area (Å²) in [7, 11) is 0. The summed E-state index contributed by atoms with van der Waals surface area (Å²) >= 11 is 6.16. The van der Waals surface area contributed by atoms with Crippen molar-refractivity contribution in [3.8, 4) is 0 Å². The van der Waals surface area contributed by atoms with Gasteiger partial charge in [0.15, 0.2) is 5.69 Å². The molecule has 1 aliphatic heterocycles. The van der Waals surface area contributed by atoms with E-state index in [0.717, 1.165) is 31.6 Å². The third-order valence-electron chi connectivity index (χ3n) is 2.88. The van der Waals surface area contributed by atoms with E-state index in [1.165, 1.54) is 0 Å². The van der Waals surface area contributed by atoms with Crippen LogP contribution in [-0.4, -0.2) is 47.2 Å². The van der Waals surface area contributed by atoms with Gasteiger partial charge in [-0.3, -0.25) is 9.89 Å². The van der Waals surface area contributed by atoms with E-state index in [2.05, 4.69) is 22.4 Å². The van der Waals surface area contributed by atoms with Crippen LogP contribution in [0.3, 0.4) is 0 Å². The van der Waals surface area contributed by atoms with Gasteiger partial charge < -0.3 is 10.2 Å². The molecule has 0 aromatic carbocycles. The maximum absolute atomic E-state index is 12.2. The Kier molecular flexibility index (Phi) is 4.02. The zero-order valence-electron chi connectivity index (χ0n) is 9.92. The van der Waals surface area contributed by atoms with E-state index < -0.39 is 0 Å². The van der Waals surface area contributed by atoms with E-state index in [-0.39, 0.29) is 5.91 Å². The molecule has 2 rings (SSSR count). The number of piperazine rings is 1. The molecule has 1 amide bonds. The zero-order valence-corrected chi connectivity index (χ0v) is 10.7. The number of aryl methyl sites for hydroxylation is 1. The number of carbonyl (C=O) groups excluding carboxylic acids is 1. The highest BCUT2D eigenvalue weighted by atomic mass is 35.5. The Morgan fingerprint density at radius 1 is 1.47 bits per heavy atom. The summed E-state index contributed by atoms with van der Waals surface area (Å²) < 4.78 is 0. The van der Waals surface area contributed by atoms with Crippen molar-refractivity contribution in [2.24, 2.45) is 0 Å². The molecule has 1 aliphatic rings. The van der Waals surface area contributed by atoms with Gasteiger partial charge in [-0.15, -0.1) is 0 Å². The molecule has 1 fully saturated rings. The van der Waals surface area contributed by atoms with Gasteiger partial charge in [-0.25, -0.2) is 0 Å². The molecular formula is C11H17ClN4O. The number of carbonyl (C=O) groups is 1. The van der Waals surface area contributed by atoms with Crippen LogP contribution < -0.4 is 5.32 Å². The fraction of sp³-hybridized carbons (Fsp3) is 0.636. The topological polar surface area (TPSA) is 61.0 Å². The molecule has 0 atom stereocenters. The molecule has 0 spiro atoms. The monoisotopic (exact) mass is 256 g/mol. The summed E-state index contributed by atoms with van der Waals surface area (Å²) in [5.41, 5.74) is 1.21.